The summed E-state index contributed by atoms with van der Waals surface area (Å²) in [7, 11) is 1.69. The molecule has 0 heterocycles. The van der Waals surface area contributed by atoms with Gasteiger partial charge in [-0.1, -0.05) is 45.1 Å². The molecular formula is C19H31LiO2. The Morgan fingerprint density at radius 1 is 1.09 bits per heavy atom. The molecule has 0 N–H and O–H groups in total. The second-order valence-corrected chi connectivity index (χ2v) is 6.10. The van der Waals surface area contributed by atoms with Gasteiger partial charge < -0.3 is 9.47 Å². The largest absolute Gasteiger partial charge is 1.00 e. The Bertz CT molecular complexity index is 365. The Kier molecular flexibility index (Phi) is 11.9. The van der Waals surface area contributed by atoms with E-state index in [1.165, 1.54) is 37.7 Å². The van der Waals surface area contributed by atoms with Gasteiger partial charge in [0.15, 0.2) is 5.79 Å². The summed E-state index contributed by atoms with van der Waals surface area (Å²) in [4.78, 5) is 0. The molecule has 0 aliphatic heterocycles. The minimum Gasteiger partial charge on any atom is -0.354 e. The smallest absolute Gasteiger partial charge is 0.354 e. The number of ether oxygens (including phenoxy) is 2. The zero-order valence-electron chi connectivity index (χ0n) is 15.1. The quantitative estimate of drug-likeness (QED) is 0.270. The first kappa shape index (κ1) is 21.6. The first-order chi connectivity index (χ1) is 10.1. The van der Waals surface area contributed by atoms with Gasteiger partial charge in [-0.05, 0) is 19.8 Å². The van der Waals surface area contributed by atoms with Crippen molar-refractivity contribution in [2.45, 2.75) is 58.7 Å². The monoisotopic (exact) mass is 298 g/mol. The molecule has 0 aliphatic carbocycles. The molecule has 0 radical (unpaired) electrons. The van der Waals surface area contributed by atoms with Crippen LogP contribution in [-0.4, -0.2) is 19.5 Å². The van der Waals surface area contributed by atoms with Crippen molar-refractivity contribution in [3.63, 3.8) is 0 Å². The number of rotatable bonds is 11. The fourth-order valence-corrected chi connectivity index (χ4v) is 2.25. The summed E-state index contributed by atoms with van der Waals surface area (Å²) >= 11 is 0. The third kappa shape index (κ3) is 9.59. The maximum atomic E-state index is 5.92. The van der Waals surface area contributed by atoms with Crippen molar-refractivity contribution in [2.24, 2.45) is 5.92 Å². The standard InChI is InChI=1S/C19H31O2.Li/c1-5-6-7-9-14-18(16-21-19(2,3)20-4)15-17-12-10-8-11-13-17;/h8,10-13,15,18H,5-7,9,14,16H2,1-4H3;/q-1;+1/t18-;/m0./s1. The first-order valence-electron chi connectivity index (χ1n) is 8.16. The van der Waals surface area contributed by atoms with Gasteiger partial charge in [0.05, 0.1) is 0 Å². The second-order valence-electron chi connectivity index (χ2n) is 6.10. The van der Waals surface area contributed by atoms with E-state index >= 15 is 0 Å². The van der Waals surface area contributed by atoms with Gasteiger partial charge in [-0.2, -0.15) is 24.1 Å². The molecule has 0 saturated heterocycles. The van der Waals surface area contributed by atoms with Gasteiger partial charge in [-0.15, -0.1) is 12.1 Å². The van der Waals surface area contributed by atoms with E-state index in [-0.39, 0.29) is 18.9 Å². The van der Waals surface area contributed by atoms with Gasteiger partial charge in [-0.25, -0.2) is 0 Å². The molecule has 0 aromatic heterocycles. The molecule has 0 spiro atoms. The Hall–Kier alpha value is -0.393. The van der Waals surface area contributed by atoms with E-state index in [2.05, 4.69) is 43.7 Å². The molecule has 1 rings (SSSR count). The number of methoxy groups -OCH3 is 1. The number of unbranched alkanes of at least 4 members (excludes halogenated alkanes) is 3. The van der Waals surface area contributed by atoms with Crippen LogP contribution in [0.3, 0.4) is 0 Å². The molecule has 3 heteroatoms. The van der Waals surface area contributed by atoms with Crippen molar-refractivity contribution in [2.75, 3.05) is 13.7 Å². The van der Waals surface area contributed by atoms with Crippen LogP contribution >= 0.6 is 0 Å². The molecule has 0 fully saturated rings. The zero-order valence-corrected chi connectivity index (χ0v) is 15.1. The predicted octanol–water partition coefficient (Wildman–Crippen LogP) is 2.23. The second kappa shape index (κ2) is 12.1. The summed E-state index contributed by atoms with van der Waals surface area (Å²) in [5, 5.41) is 0. The van der Waals surface area contributed by atoms with Crippen LogP contribution in [0.4, 0.5) is 0 Å². The minimum atomic E-state index is -0.508. The van der Waals surface area contributed by atoms with Gasteiger partial charge in [0.25, 0.3) is 0 Å². The maximum absolute atomic E-state index is 5.92. The van der Waals surface area contributed by atoms with Gasteiger partial charge in [0.1, 0.15) is 0 Å². The van der Waals surface area contributed by atoms with Crippen molar-refractivity contribution < 1.29 is 28.3 Å². The number of hydrogen-bond donors (Lipinski definition) is 0. The normalized spacial score (nSPS) is 12.5. The topological polar surface area (TPSA) is 18.5 Å². The van der Waals surface area contributed by atoms with Gasteiger partial charge in [0.2, 0.25) is 0 Å². The Morgan fingerprint density at radius 3 is 2.36 bits per heavy atom. The van der Waals surface area contributed by atoms with Crippen molar-refractivity contribution in [3.05, 3.63) is 42.3 Å². The van der Waals surface area contributed by atoms with Gasteiger partial charge in [-0.3, -0.25) is 0 Å². The van der Waals surface area contributed by atoms with Crippen LogP contribution in [0.5, 0.6) is 0 Å². The molecule has 0 unspecified atom stereocenters. The third-order valence-corrected chi connectivity index (χ3v) is 3.79. The fraction of sp³-hybridized carbons (Fsp3) is 0.632. The van der Waals surface area contributed by atoms with Crippen LogP contribution in [0.15, 0.2) is 30.3 Å². The van der Waals surface area contributed by atoms with Crippen LogP contribution in [0.1, 0.15) is 58.4 Å². The summed E-state index contributed by atoms with van der Waals surface area (Å²) in [5.74, 6) is -0.0645. The van der Waals surface area contributed by atoms with Crippen LogP contribution in [0.2, 0.25) is 0 Å². The average Bonchev–Trinajstić information content (AvgIpc) is 2.50. The summed E-state index contributed by atoms with van der Waals surface area (Å²) in [6.07, 6.45) is 8.68. The Labute approximate surface area is 149 Å². The van der Waals surface area contributed by atoms with E-state index in [4.69, 9.17) is 9.47 Å². The molecule has 0 bridgehead atoms. The molecule has 0 amide bonds. The van der Waals surface area contributed by atoms with Crippen LogP contribution in [0.25, 0.3) is 0 Å². The first-order valence-corrected chi connectivity index (χ1v) is 8.16. The average molecular weight is 298 g/mol. The maximum Gasteiger partial charge on any atom is 1.00 e. The SMILES string of the molecule is CCCCCC[C@@H]([CH-]c1ccccc1)COC(C)(C)OC.[Li+]. The molecule has 0 aliphatic rings. The van der Waals surface area contributed by atoms with Crippen molar-refractivity contribution in [1.82, 2.24) is 0 Å². The summed E-state index contributed by atoms with van der Waals surface area (Å²) in [6.45, 7) is 6.88. The summed E-state index contributed by atoms with van der Waals surface area (Å²) in [5.41, 5.74) is 1.27. The van der Waals surface area contributed by atoms with Crippen molar-refractivity contribution in [1.29, 1.82) is 0 Å². The molecule has 1 aromatic rings. The predicted molar refractivity (Wildman–Crippen MR) is 89.1 cm³/mol. The third-order valence-electron chi connectivity index (χ3n) is 3.79. The Balaban J connectivity index is 0.00000441. The van der Waals surface area contributed by atoms with E-state index in [1.54, 1.807) is 7.11 Å². The molecule has 2 nitrogen and oxygen atoms in total. The molecule has 0 saturated carbocycles. The minimum absolute atomic E-state index is 0. The number of hydrogen-bond acceptors (Lipinski definition) is 2. The Morgan fingerprint density at radius 2 is 1.77 bits per heavy atom. The molecule has 1 aromatic carbocycles. The summed E-state index contributed by atoms with van der Waals surface area (Å²) < 4.78 is 11.3. The van der Waals surface area contributed by atoms with Crippen molar-refractivity contribution in [3.8, 4) is 0 Å². The van der Waals surface area contributed by atoms with Gasteiger partial charge >= 0.3 is 18.9 Å². The van der Waals surface area contributed by atoms with E-state index in [9.17, 15) is 0 Å². The number of benzene rings is 1. The van der Waals surface area contributed by atoms with E-state index in [0.717, 1.165) is 0 Å². The van der Waals surface area contributed by atoms with Crippen LogP contribution < -0.4 is 18.9 Å². The zero-order chi connectivity index (χ0) is 15.6. The molecular weight excluding hydrogens is 267 g/mol. The van der Waals surface area contributed by atoms with Crippen LogP contribution in [0, 0.1) is 12.3 Å². The molecule has 22 heavy (non-hydrogen) atoms. The molecule has 1 atom stereocenters. The van der Waals surface area contributed by atoms with Crippen LogP contribution in [-0.2, 0) is 9.47 Å². The molecule has 120 valence electrons. The van der Waals surface area contributed by atoms with Gasteiger partial charge in [0, 0.05) is 13.7 Å². The van der Waals surface area contributed by atoms with E-state index in [0.29, 0.717) is 12.5 Å². The van der Waals surface area contributed by atoms with Crippen molar-refractivity contribution >= 4 is 0 Å². The van der Waals surface area contributed by atoms with E-state index in [1.807, 2.05) is 13.8 Å². The fourth-order valence-electron chi connectivity index (χ4n) is 2.25. The summed E-state index contributed by atoms with van der Waals surface area (Å²) in [6, 6.07) is 10.5. The van der Waals surface area contributed by atoms with E-state index < -0.39 is 5.79 Å².